The lowest BCUT2D eigenvalue weighted by molar-refractivity contribution is 0.0572. The van der Waals surface area contributed by atoms with Gasteiger partial charge in [-0.1, -0.05) is 0 Å². The summed E-state index contributed by atoms with van der Waals surface area (Å²) in [6.07, 6.45) is 1.76. The summed E-state index contributed by atoms with van der Waals surface area (Å²) in [5, 5.41) is 0. The van der Waals surface area contributed by atoms with Gasteiger partial charge in [-0.3, -0.25) is 0 Å². The number of hydrogen-bond donors (Lipinski definition) is 1. The normalized spacial score (nSPS) is 22.2. The minimum Gasteiger partial charge on any atom is -0.380 e. The van der Waals surface area contributed by atoms with E-state index in [9.17, 15) is 8.42 Å². The van der Waals surface area contributed by atoms with Gasteiger partial charge in [0.05, 0.1) is 6.10 Å². The number of ether oxygens (including phenoxy) is 1. The SMILES string of the molecule is COC1CCCN(S(=O)(=O)c2ccc(CN)s2)C1. The van der Waals surface area contributed by atoms with Crippen molar-refractivity contribution in [3.63, 3.8) is 0 Å². The number of piperidine rings is 1. The number of thiophene rings is 1. The van der Waals surface area contributed by atoms with Crippen LogP contribution in [0.4, 0.5) is 0 Å². The molecule has 0 aliphatic carbocycles. The van der Waals surface area contributed by atoms with Crippen LogP contribution in [0.1, 0.15) is 17.7 Å². The number of nitrogens with zero attached hydrogens (tertiary/aromatic N) is 1. The molecule has 0 bridgehead atoms. The fourth-order valence-electron chi connectivity index (χ4n) is 2.05. The first-order valence-electron chi connectivity index (χ1n) is 5.89. The van der Waals surface area contributed by atoms with Gasteiger partial charge in [-0.15, -0.1) is 11.3 Å². The molecule has 0 aromatic carbocycles. The maximum atomic E-state index is 12.4. The number of methoxy groups -OCH3 is 1. The molecule has 1 atom stereocenters. The number of hydrogen-bond acceptors (Lipinski definition) is 5. The topological polar surface area (TPSA) is 72.6 Å². The van der Waals surface area contributed by atoms with Crippen molar-refractivity contribution in [1.82, 2.24) is 4.31 Å². The van der Waals surface area contributed by atoms with Crippen molar-refractivity contribution < 1.29 is 13.2 Å². The second kappa shape index (κ2) is 5.66. The van der Waals surface area contributed by atoms with Crippen molar-refractivity contribution in [3.05, 3.63) is 17.0 Å². The highest BCUT2D eigenvalue weighted by molar-refractivity contribution is 7.91. The first-order valence-corrected chi connectivity index (χ1v) is 8.15. The van der Waals surface area contributed by atoms with E-state index in [4.69, 9.17) is 10.5 Å². The van der Waals surface area contributed by atoms with Gasteiger partial charge in [0.1, 0.15) is 4.21 Å². The van der Waals surface area contributed by atoms with Crippen LogP contribution in [-0.2, 0) is 21.3 Å². The summed E-state index contributed by atoms with van der Waals surface area (Å²) in [6.45, 7) is 1.38. The van der Waals surface area contributed by atoms with Gasteiger partial charge >= 0.3 is 0 Å². The quantitative estimate of drug-likeness (QED) is 0.898. The molecular formula is C11H18N2O3S2. The molecule has 2 N–H and O–H groups in total. The maximum absolute atomic E-state index is 12.4. The van der Waals surface area contributed by atoms with Gasteiger partial charge in [0, 0.05) is 31.6 Å². The van der Waals surface area contributed by atoms with Crippen LogP contribution >= 0.6 is 11.3 Å². The third kappa shape index (κ3) is 2.75. The summed E-state index contributed by atoms with van der Waals surface area (Å²) in [5.74, 6) is 0. The Balaban J connectivity index is 2.19. The Morgan fingerprint density at radius 2 is 2.33 bits per heavy atom. The largest absolute Gasteiger partial charge is 0.380 e. The van der Waals surface area contributed by atoms with Gasteiger partial charge in [-0.05, 0) is 25.0 Å². The number of sulfonamides is 1. The zero-order valence-corrected chi connectivity index (χ0v) is 12.0. The third-order valence-electron chi connectivity index (χ3n) is 3.11. The Bertz CT molecular complexity index is 498. The first-order chi connectivity index (χ1) is 8.57. The van der Waals surface area contributed by atoms with E-state index in [-0.39, 0.29) is 6.10 Å². The van der Waals surface area contributed by atoms with E-state index < -0.39 is 10.0 Å². The Morgan fingerprint density at radius 1 is 1.56 bits per heavy atom. The monoisotopic (exact) mass is 290 g/mol. The average Bonchev–Trinajstić information content (AvgIpc) is 2.88. The van der Waals surface area contributed by atoms with Crippen LogP contribution in [0.15, 0.2) is 16.3 Å². The summed E-state index contributed by atoms with van der Waals surface area (Å²) in [5.41, 5.74) is 5.51. The molecular weight excluding hydrogens is 272 g/mol. The van der Waals surface area contributed by atoms with Gasteiger partial charge in [0.2, 0.25) is 0 Å². The minimum absolute atomic E-state index is 0.00228. The lowest BCUT2D eigenvalue weighted by Crippen LogP contribution is -2.42. The molecule has 5 nitrogen and oxygen atoms in total. The number of rotatable bonds is 4. The van der Waals surface area contributed by atoms with E-state index in [2.05, 4.69) is 0 Å². The Morgan fingerprint density at radius 3 is 2.94 bits per heavy atom. The predicted octanol–water partition coefficient (Wildman–Crippen LogP) is 1.01. The van der Waals surface area contributed by atoms with Crippen molar-refractivity contribution in [2.45, 2.75) is 29.7 Å². The molecule has 1 aliphatic heterocycles. The summed E-state index contributed by atoms with van der Waals surface area (Å²) >= 11 is 1.25. The highest BCUT2D eigenvalue weighted by Gasteiger charge is 2.31. The second-order valence-corrected chi connectivity index (χ2v) is 7.62. The van der Waals surface area contributed by atoms with E-state index in [1.54, 1.807) is 19.2 Å². The van der Waals surface area contributed by atoms with Crippen molar-refractivity contribution in [3.8, 4) is 0 Å². The summed E-state index contributed by atoms with van der Waals surface area (Å²) < 4.78 is 32.0. The highest BCUT2D eigenvalue weighted by Crippen LogP contribution is 2.27. The number of nitrogens with two attached hydrogens (primary N) is 1. The minimum atomic E-state index is -3.38. The first kappa shape index (κ1) is 14.0. The molecule has 1 fully saturated rings. The summed E-state index contributed by atoms with van der Waals surface area (Å²) in [7, 11) is -1.75. The van der Waals surface area contributed by atoms with Crippen molar-refractivity contribution in [1.29, 1.82) is 0 Å². The molecule has 0 radical (unpaired) electrons. The molecule has 0 spiro atoms. The molecule has 1 aliphatic rings. The molecule has 102 valence electrons. The second-order valence-electron chi connectivity index (χ2n) is 4.29. The van der Waals surface area contributed by atoms with Crippen LogP contribution in [-0.4, -0.2) is 39.0 Å². The van der Waals surface area contributed by atoms with Gasteiger partial charge < -0.3 is 10.5 Å². The van der Waals surface area contributed by atoms with Crippen molar-refractivity contribution in [2.75, 3.05) is 20.2 Å². The highest BCUT2D eigenvalue weighted by atomic mass is 32.2. The Labute approximate surface area is 112 Å². The molecule has 1 unspecified atom stereocenters. The van der Waals surface area contributed by atoms with E-state index in [1.807, 2.05) is 0 Å². The van der Waals surface area contributed by atoms with Crippen LogP contribution in [0.25, 0.3) is 0 Å². The molecule has 2 heterocycles. The van der Waals surface area contributed by atoms with E-state index in [0.717, 1.165) is 17.7 Å². The van der Waals surface area contributed by atoms with Crippen LogP contribution in [0.3, 0.4) is 0 Å². The van der Waals surface area contributed by atoms with Gasteiger partial charge in [0.25, 0.3) is 10.0 Å². The van der Waals surface area contributed by atoms with E-state index in [0.29, 0.717) is 23.8 Å². The summed E-state index contributed by atoms with van der Waals surface area (Å²) in [4.78, 5) is 0.883. The fourth-order valence-corrected chi connectivity index (χ4v) is 4.95. The molecule has 0 saturated carbocycles. The molecule has 1 aromatic rings. The molecule has 1 aromatic heterocycles. The summed E-state index contributed by atoms with van der Waals surface area (Å²) in [6, 6.07) is 3.41. The Kier molecular flexibility index (Phi) is 4.39. The molecule has 0 amide bonds. The zero-order chi connectivity index (χ0) is 13.2. The average molecular weight is 290 g/mol. The zero-order valence-electron chi connectivity index (χ0n) is 10.3. The molecule has 7 heteroatoms. The van der Waals surface area contributed by atoms with Gasteiger partial charge in [-0.2, -0.15) is 4.31 Å². The lowest BCUT2D eigenvalue weighted by Gasteiger charge is -2.30. The Hall–Kier alpha value is -0.470. The molecule has 2 rings (SSSR count). The van der Waals surface area contributed by atoms with Crippen molar-refractivity contribution in [2.24, 2.45) is 5.73 Å². The fraction of sp³-hybridized carbons (Fsp3) is 0.636. The van der Waals surface area contributed by atoms with Crippen LogP contribution in [0.5, 0.6) is 0 Å². The van der Waals surface area contributed by atoms with Crippen LogP contribution < -0.4 is 5.73 Å². The smallest absolute Gasteiger partial charge is 0.252 e. The van der Waals surface area contributed by atoms with E-state index >= 15 is 0 Å². The lowest BCUT2D eigenvalue weighted by atomic mass is 10.1. The molecule has 18 heavy (non-hydrogen) atoms. The van der Waals surface area contributed by atoms with Crippen LogP contribution in [0.2, 0.25) is 0 Å². The molecule has 1 saturated heterocycles. The van der Waals surface area contributed by atoms with E-state index in [1.165, 1.54) is 15.6 Å². The van der Waals surface area contributed by atoms with Gasteiger partial charge in [-0.25, -0.2) is 8.42 Å². The maximum Gasteiger partial charge on any atom is 0.252 e. The standard InChI is InChI=1S/C11H18N2O3S2/c1-16-9-3-2-6-13(8-9)18(14,15)11-5-4-10(7-12)17-11/h4-5,9H,2-3,6-8,12H2,1H3. The van der Waals surface area contributed by atoms with Crippen molar-refractivity contribution >= 4 is 21.4 Å². The van der Waals surface area contributed by atoms with Crippen LogP contribution in [0, 0.1) is 0 Å². The third-order valence-corrected chi connectivity index (χ3v) is 6.55. The predicted molar refractivity (Wildman–Crippen MR) is 71.0 cm³/mol. The van der Waals surface area contributed by atoms with Gasteiger partial charge in [0.15, 0.2) is 0 Å².